The van der Waals surface area contributed by atoms with Crippen LogP contribution in [0.1, 0.15) is 25.0 Å². The van der Waals surface area contributed by atoms with Crippen LogP contribution in [0.2, 0.25) is 5.02 Å². The summed E-state index contributed by atoms with van der Waals surface area (Å²) < 4.78 is 5.20. The van der Waals surface area contributed by atoms with Crippen LogP contribution in [-0.2, 0) is 4.74 Å². The number of aliphatic hydroxyl groups is 1. The zero-order valence-electron chi connectivity index (χ0n) is 10.9. The van der Waals surface area contributed by atoms with Gasteiger partial charge in [-0.3, -0.25) is 0 Å². The average Bonchev–Trinajstić information content (AvgIpc) is 2.77. The first-order valence-corrected chi connectivity index (χ1v) is 6.71. The van der Waals surface area contributed by atoms with E-state index in [2.05, 4.69) is 4.90 Å². The van der Waals surface area contributed by atoms with E-state index in [0.29, 0.717) is 10.9 Å². The van der Waals surface area contributed by atoms with Crippen molar-refractivity contribution in [1.29, 1.82) is 0 Å². The van der Waals surface area contributed by atoms with E-state index in [9.17, 15) is 5.11 Å². The Balaban J connectivity index is 2.10. The van der Waals surface area contributed by atoms with Crippen LogP contribution in [0.25, 0.3) is 0 Å². The van der Waals surface area contributed by atoms with Crippen molar-refractivity contribution in [2.24, 2.45) is 5.92 Å². The molecule has 1 aromatic rings. The Bertz CT molecular complexity index is 409. The van der Waals surface area contributed by atoms with E-state index in [-0.39, 0.29) is 0 Å². The number of benzene rings is 1. The Morgan fingerprint density at radius 3 is 2.94 bits per heavy atom. The monoisotopic (exact) mass is 269 g/mol. The first-order chi connectivity index (χ1) is 8.61. The van der Waals surface area contributed by atoms with Gasteiger partial charge in [0.25, 0.3) is 0 Å². The molecule has 0 amide bonds. The lowest BCUT2D eigenvalue weighted by molar-refractivity contribution is 0.161. The summed E-state index contributed by atoms with van der Waals surface area (Å²) in [5.74, 6) is 0.586. The maximum atomic E-state index is 9.53. The third kappa shape index (κ3) is 2.97. The molecule has 1 heterocycles. The van der Waals surface area contributed by atoms with E-state index in [1.54, 1.807) is 14.0 Å². The number of hydrogen-bond donors (Lipinski definition) is 1. The minimum absolute atomic E-state index is 0.476. The fourth-order valence-electron chi connectivity index (χ4n) is 2.46. The highest BCUT2D eigenvalue weighted by Crippen LogP contribution is 2.32. The molecule has 0 spiro atoms. The molecule has 4 heteroatoms. The Hall–Kier alpha value is -0.770. The van der Waals surface area contributed by atoms with Crippen LogP contribution in [0.5, 0.6) is 0 Å². The van der Waals surface area contributed by atoms with E-state index < -0.39 is 6.10 Å². The van der Waals surface area contributed by atoms with Gasteiger partial charge in [0.15, 0.2) is 0 Å². The molecule has 0 radical (unpaired) electrons. The number of anilines is 1. The Labute approximate surface area is 113 Å². The minimum Gasteiger partial charge on any atom is -0.389 e. The summed E-state index contributed by atoms with van der Waals surface area (Å²) in [7, 11) is 1.74. The standard InChI is InChI=1S/C14H20ClNO2/c1-10(17)12-3-4-14(13(15)7-12)16-6-5-11(8-16)9-18-2/h3-4,7,10-11,17H,5-6,8-9H2,1-2H3/t10-,11?/m1/s1. The van der Waals surface area contributed by atoms with Gasteiger partial charge in [0.2, 0.25) is 0 Å². The van der Waals surface area contributed by atoms with Crippen molar-refractivity contribution in [3.8, 4) is 0 Å². The van der Waals surface area contributed by atoms with Gasteiger partial charge in [-0.2, -0.15) is 0 Å². The van der Waals surface area contributed by atoms with Crippen LogP contribution >= 0.6 is 11.6 Å². The molecule has 1 unspecified atom stereocenters. The van der Waals surface area contributed by atoms with E-state index >= 15 is 0 Å². The molecule has 1 fully saturated rings. The van der Waals surface area contributed by atoms with Gasteiger partial charge >= 0.3 is 0 Å². The zero-order valence-corrected chi connectivity index (χ0v) is 11.7. The summed E-state index contributed by atoms with van der Waals surface area (Å²) in [5, 5.41) is 10.2. The van der Waals surface area contributed by atoms with E-state index in [1.807, 2.05) is 18.2 Å². The summed E-state index contributed by atoms with van der Waals surface area (Å²) >= 11 is 6.29. The predicted molar refractivity (Wildman–Crippen MR) is 74.3 cm³/mol. The van der Waals surface area contributed by atoms with Crippen LogP contribution < -0.4 is 4.90 Å². The van der Waals surface area contributed by atoms with Crippen molar-refractivity contribution in [2.75, 3.05) is 31.7 Å². The van der Waals surface area contributed by atoms with Crippen molar-refractivity contribution in [1.82, 2.24) is 0 Å². The van der Waals surface area contributed by atoms with Crippen LogP contribution in [-0.4, -0.2) is 31.9 Å². The van der Waals surface area contributed by atoms with E-state index in [0.717, 1.165) is 37.4 Å². The molecule has 2 rings (SSSR count). The van der Waals surface area contributed by atoms with Crippen LogP contribution in [0, 0.1) is 5.92 Å². The molecule has 1 aliphatic rings. The fourth-order valence-corrected chi connectivity index (χ4v) is 2.77. The molecule has 0 bridgehead atoms. The number of aliphatic hydroxyl groups excluding tert-OH is 1. The average molecular weight is 270 g/mol. The van der Waals surface area contributed by atoms with Crippen LogP contribution in [0.4, 0.5) is 5.69 Å². The molecule has 2 atom stereocenters. The predicted octanol–water partition coefficient (Wildman–Crippen LogP) is 2.87. The molecule has 18 heavy (non-hydrogen) atoms. The quantitative estimate of drug-likeness (QED) is 0.912. The van der Waals surface area contributed by atoms with Crippen LogP contribution in [0.15, 0.2) is 18.2 Å². The fraction of sp³-hybridized carbons (Fsp3) is 0.571. The van der Waals surface area contributed by atoms with E-state index in [1.165, 1.54) is 0 Å². The third-order valence-corrected chi connectivity index (χ3v) is 3.79. The molecule has 1 aliphatic heterocycles. The molecule has 3 nitrogen and oxygen atoms in total. The number of rotatable bonds is 4. The summed E-state index contributed by atoms with van der Waals surface area (Å²) in [5.41, 5.74) is 1.91. The number of halogens is 1. The largest absolute Gasteiger partial charge is 0.389 e. The Morgan fingerprint density at radius 1 is 1.56 bits per heavy atom. The second-order valence-electron chi connectivity index (χ2n) is 4.94. The second kappa shape index (κ2) is 5.91. The molecule has 100 valence electrons. The van der Waals surface area contributed by atoms with Gasteiger partial charge in [0.1, 0.15) is 0 Å². The highest BCUT2D eigenvalue weighted by Gasteiger charge is 2.24. The number of nitrogens with zero attached hydrogens (tertiary/aromatic N) is 1. The Kier molecular flexibility index (Phi) is 4.49. The molecule has 0 saturated carbocycles. The SMILES string of the molecule is COCC1CCN(c2ccc([C@@H](C)O)cc2Cl)C1. The lowest BCUT2D eigenvalue weighted by Crippen LogP contribution is -2.21. The smallest absolute Gasteiger partial charge is 0.0762 e. The third-order valence-electron chi connectivity index (χ3n) is 3.48. The van der Waals surface area contributed by atoms with Gasteiger partial charge in [-0.1, -0.05) is 17.7 Å². The molecule has 1 N–H and O–H groups in total. The number of methoxy groups -OCH3 is 1. The number of hydrogen-bond acceptors (Lipinski definition) is 3. The van der Waals surface area contributed by atoms with Crippen molar-refractivity contribution in [3.63, 3.8) is 0 Å². The van der Waals surface area contributed by atoms with Crippen molar-refractivity contribution >= 4 is 17.3 Å². The van der Waals surface area contributed by atoms with E-state index in [4.69, 9.17) is 16.3 Å². The first-order valence-electron chi connectivity index (χ1n) is 6.33. The van der Waals surface area contributed by atoms with Crippen molar-refractivity contribution < 1.29 is 9.84 Å². The molecule has 0 aliphatic carbocycles. The maximum Gasteiger partial charge on any atom is 0.0762 e. The maximum absolute atomic E-state index is 9.53. The summed E-state index contributed by atoms with van der Waals surface area (Å²) in [6.45, 7) is 4.55. The van der Waals surface area contributed by atoms with Crippen molar-refractivity contribution in [2.45, 2.75) is 19.4 Å². The summed E-state index contributed by atoms with van der Waals surface area (Å²) in [6, 6.07) is 5.79. The van der Waals surface area contributed by atoms with Gasteiger partial charge < -0.3 is 14.7 Å². The first kappa shape index (κ1) is 13.7. The second-order valence-corrected chi connectivity index (χ2v) is 5.35. The van der Waals surface area contributed by atoms with Gasteiger partial charge in [-0.25, -0.2) is 0 Å². The van der Waals surface area contributed by atoms with Crippen molar-refractivity contribution in [3.05, 3.63) is 28.8 Å². The van der Waals surface area contributed by atoms with Gasteiger partial charge in [-0.05, 0) is 31.0 Å². The minimum atomic E-state index is -0.476. The van der Waals surface area contributed by atoms with Gasteiger partial charge in [0.05, 0.1) is 23.4 Å². The highest BCUT2D eigenvalue weighted by molar-refractivity contribution is 6.33. The molecule has 1 saturated heterocycles. The molecule has 1 aromatic carbocycles. The van der Waals surface area contributed by atoms with Crippen LogP contribution in [0.3, 0.4) is 0 Å². The normalized spacial score (nSPS) is 21.3. The Morgan fingerprint density at radius 2 is 2.33 bits per heavy atom. The lowest BCUT2D eigenvalue weighted by Gasteiger charge is -2.21. The van der Waals surface area contributed by atoms with Gasteiger partial charge in [-0.15, -0.1) is 0 Å². The molecular weight excluding hydrogens is 250 g/mol. The summed E-state index contributed by atoms with van der Waals surface area (Å²) in [4.78, 5) is 2.29. The topological polar surface area (TPSA) is 32.7 Å². The molecule has 0 aromatic heterocycles. The molecular formula is C14H20ClNO2. The zero-order chi connectivity index (χ0) is 13.1. The number of ether oxygens (including phenoxy) is 1. The summed E-state index contributed by atoms with van der Waals surface area (Å²) in [6.07, 6.45) is 0.666. The lowest BCUT2D eigenvalue weighted by atomic mass is 10.1. The highest BCUT2D eigenvalue weighted by atomic mass is 35.5. The van der Waals surface area contributed by atoms with Gasteiger partial charge in [0, 0.05) is 26.1 Å².